The first-order valence-corrected chi connectivity index (χ1v) is 4.03. The molecule has 14 heavy (non-hydrogen) atoms. The quantitative estimate of drug-likeness (QED) is 0.380. The fraction of sp³-hybridized carbons (Fsp3) is 0.444. The summed E-state index contributed by atoms with van der Waals surface area (Å²) in [6, 6.07) is 0. The van der Waals surface area contributed by atoms with E-state index in [2.05, 4.69) is 10.8 Å². The van der Waals surface area contributed by atoms with Crippen LogP contribution in [-0.2, 0) is 9.63 Å². The van der Waals surface area contributed by atoms with Crippen LogP contribution in [0.4, 0.5) is 0 Å². The van der Waals surface area contributed by atoms with Gasteiger partial charge < -0.3 is 4.84 Å². The first-order valence-electron chi connectivity index (χ1n) is 4.03. The molecule has 1 aliphatic carbocycles. The molecule has 0 aromatic rings. The van der Waals surface area contributed by atoms with Crippen LogP contribution in [0.25, 0.3) is 0 Å². The van der Waals surface area contributed by atoms with Gasteiger partial charge in [0.1, 0.15) is 6.10 Å². The number of hydrogen-bond acceptors (Lipinski definition) is 4. The zero-order valence-electron chi connectivity index (χ0n) is 7.65. The molecule has 74 valence electrons. The number of carbonyl (C=O) groups is 1. The van der Waals surface area contributed by atoms with Gasteiger partial charge >= 0.3 is 0 Å². The van der Waals surface area contributed by atoms with E-state index < -0.39 is 11.2 Å². The molecule has 5 heteroatoms. The van der Waals surface area contributed by atoms with Crippen molar-refractivity contribution in [2.75, 3.05) is 0 Å². The minimum absolute atomic E-state index is 0.0177. The predicted molar refractivity (Wildman–Crippen MR) is 47.6 cm³/mol. The molecule has 0 radical (unpaired) electrons. The molecule has 0 aliphatic heterocycles. The van der Waals surface area contributed by atoms with Gasteiger partial charge in [-0.15, -0.1) is 22.5 Å². The molecule has 1 atom stereocenters. The Morgan fingerprint density at radius 1 is 1.79 bits per heavy atom. The van der Waals surface area contributed by atoms with Gasteiger partial charge in [0, 0.05) is 18.4 Å². The molecule has 1 aliphatic rings. The fourth-order valence-electron chi connectivity index (χ4n) is 1.42. The van der Waals surface area contributed by atoms with Crippen molar-refractivity contribution in [1.29, 1.82) is 0 Å². The summed E-state index contributed by atoms with van der Waals surface area (Å²) in [5.41, 5.74) is 1.05. The van der Waals surface area contributed by atoms with E-state index in [0.29, 0.717) is 11.1 Å². The molecule has 0 saturated heterocycles. The Morgan fingerprint density at radius 3 is 2.93 bits per heavy atom. The van der Waals surface area contributed by atoms with E-state index >= 15 is 0 Å². The number of ketones is 1. The van der Waals surface area contributed by atoms with Gasteiger partial charge in [0.25, 0.3) is 5.09 Å². The number of Topliss-reactive ketones (excluding diaryl/α,β-unsaturated/α-hetero) is 1. The van der Waals surface area contributed by atoms with Gasteiger partial charge in [-0.3, -0.25) is 4.79 Å². The van der Waals surface area contributed by atoms with Gasteiger partial charge in [0.15, 0.2) is 5.78 Å². The van der Waals surface area contributed by atoms with E-state index in [0.717, 1.165) is 0 Å². The van der Waals surface area contributed by atoms with E-state index in [1.54, 1.807) is 6.92 Å². The summed E-state index contributed by atoms with van der Waals surface area (Å²) in [4.78, 5) is 25.7. The van der Waals surface area contributed by atoms with Crippen LogP contribution >= 0.6 is 0 Å². The van der Waals surface area contributed by atoms with E-state index in [4.69, 9.17) is 6.42 Å². The number of nitrogens with zero attached hydrogens (tertiary/aromatic N) is 1. The van der Waals surface area contributed by atoms with Crippen LogP contribution < -0.4 is 0 Å². The Morgan fingerprint density at radius 2 is 2.43 bits per heavy atom. The molecule has 0 heterocycles. The second-order valence-corrected chi connectivity index (χ2v) is 2.99. The van der Waals surface area contributed by atoms with Gasteiger partial charge in [-0.05, 0) is 12.5 Å². The minimum atomic E-state index is -0.889. The monoisotopic (exact) mass is 195 g/mol. The number of rotatable bonds is 3. The molecule has 1 rings (SSSR count). The number of allylic oxidation sites excluding steroid dienone is 1. The van der Waals surface area contributed by atoms with Crippen LogP contribution in [0.2, 0.25) is 0 Å². The van der Waals surface area contributed by atoms with Crippen molar-refractivity contribution in [1.82, 2.24) is 0 Å². The zero-order chi connectivity index (χ0) is 10.7. The molecule has 0 aromatic carbocycles. The summed E-state index contributed by atoms with van der Waals surface area (Å²) in [5.74, 6) is 2.18. The maximum absolute atomic E-state index is 11.3. The number of terminal acetylenes is 1. The van der Waals surface area contributed by atoms with Crippen LogP contribution in [-0.4, -0.2) is 17.0 Å². The molecule has 1 unspecified atom stereocenters. The fourth-order valence-corrected chi connectivity index (χ4v) is 1.42. The molecular weight excluding hydrogens is 186 g/mol. The minimum Gasteiger partial charge on any atom is -0.306 e. The Kier molecular flexibility index (Phi) is 2.87. The molecule has 0 N–H and O–H groups in total. The average molecular weight is 195 g/mol. The summed E-state index contributed by atoms with van der Waals surface area (Å²) in [7, 11) is 0. The Balaban J connectivity index is 2.82. The van der Waals surface area contributed by atoms with Crippen molar-refractivity contribution in [3.63, 3.8) is 0 Å². The summed E-state index contributed by atoms with van der Waals surface area (Å²) in [6.45, 7) is 1.63. The highest BCUT2D eigenvalue weighted by Crippen LogP contribution is 2.27. The third-order valence-electron chi connectivity index (χ3n) is 2.16. The van der Waals surface area contributed by atoms with Crippen molar-refractivity contribution in [3.05, 3.63) is 21.3 Å². The van der Waals surface area contributed by atoms with E-state index in [1.165, 1.54) is 0 Å². The summed E-state index contributed by atoms with van der Waals surface area (Å²) < 4.78 is 0. The van der Waals surface area contributed by atoms with Gasteiger partial charge in [0.05, 0.1) is 0 Å². The standard InChI is InChI=1S/C9H9NO4/c1-3-4-7-6(2)9(5-8(7)11)14-10(12)13/h1,9H,4-5H2,2H3. The van der Waals surface area contributed by atoms with Crippen molar-refractivity contribution in [3.8, 4) is 12.3 Å². The molecule has 0 bridgehead atoms. The molecule has 0 fully saturated rings. The lowest BCUT2D eigenvalue weighted by Gasteiger charge is -2.07. The van der Waals surface area contributed by atoms with Crippen molar-refractivity contribution < 1.29 is 14.7 Å². The van der Waals surface area contributed by atoms with Crippen LogP contribution in [0.15, 0.2) is 11.1 Å². The Labute approximate surface area is 80.8 Å². The van der Waals surface area contributed by atoms with Crippen molar-refractivity contribution in [2.45, 2.75) is 25.9 Å². The smallest absolute Gasteiger partial charge is 0.295 e. The second kappa shape index (κ2) is 3.92. The van der Waals surface area contributed by atoms with E-state index in [9.17, 15) is 14.9 Å². The Hall–Kier alpha value is -1.83. The van der Waals surface area contributed by atoms with Crippen LogP contribution in [0, 0.1) is 22.5 Å². The van der Waals surface area contributed by atoms with Crippen LogP contribution in [0.3, 0.4) is 0 Å². The first kappa shape index (κ1) is 10.3. The van der Waals surface area contributed by atoms with E-state index in [1.807, 2.05) is 0 Å². The maximum atomic E-state index is 11.3. The summed E-state index contributed by atoms with van der Waals surface area (Å²) >= 11 is 0. The lowest BCUT2D eigenvalue weighted by atomic mass is 10.1. The highest BCUT2D eigenvalue weighted by Gasteiger charge is 2.31. The van der Waals surface area contributed by atoms with Crippen molar-refractivity contribution >= 4 is 5.78 Å². The zero-order valence-corrected chi connectivity index (χ0v) is 7.65. The lowest BCUT2D eigenvalue weighted by Crippen LogP contribution is -2.16. The van der Waals surface area contributed by atoms with Gasteiger partial charge in [-0.25, -0.2) is 0 Å². The Bertz CT molecular complexity index is 350. The molecule has 0 amide bonds. The first-order chi connectivity index (χ1) is 6.56. The van der Waals surface area contributed by atoms with Crippen molar-refractivity contribution in [2.24, 2.45) is 0 Å². The van der Waals surface area contributed by atoms with Gasteiger partial charge in [-0.2, -0.15) is 0 Å². The second-order valence-electron chi connectivity index (χ2n) is 2.99. The highest BCUT2D eigenvalue weighted by molar-refractivity contribution is 5.99. The highest BCUT2D eigenvalue weighted by atomic mass is 17.0. The van der Waals surface area contributed by atoms with Crippen LogP contribution in [0.1, 0.15) is 19.8 Å². The van der Waals surface area contributed by atoms with Gasteiger partial charge in [0.2, 0.25) is 0 Å². The number of hydrogen-bond donors (Lipinski definition) is 0. The molecule has 5 nitrogen and oxygen atoms in total. The molecule has 0 spiro atoms. The third-order valence-corrected chi connectivity index (χ3v) is 2.16. The predicted octanol–water partition coefficient (Wildman–Crippen LogP) is 0.876. The average Bonchev–Trinajstić information content (AvgIpc) is 2.32. The summed E-state index contributed by atoms with van der Waals surface area (Å²) in [5, 5.41) is 9.19. The summed E-state index contributed by atoms with van der Waals surface area (Å²) in [6.07, 6.45) is 4.55. The molecular formula is C9H9NO4. The molecule has 0 saturated carbocycles. The SMILES string of the molecule is C#CCC1=C(C)C(O[N+](=O)[O-])CC1=O. The van der Waals surface area contributed by atoms with Crippen LogP contribution in [0.5, 0.6) is 0 Å². The third kappa shape index (κ3) is 1.91. The normalized spacial score (nSPS) is 20.9. The maximum Gasteiger partial charge on any atom is 0.295 e. The lowest BCUT2D eigenvalue weighted by molar-refractivity contribution is -0.765. The molecule has 0 aromatic heterocycles. The van der Waals surface area contributed by atoms with Gasteiger partial charge in [-0.1, -0.05) is 0 Å². The largest absolute Gasteiger partial charge is 0.306 e. The topological polar surface area (TPSA) is 69.4 Å². The number of carbonyl (C=O) groups excluding carboxylic acids is 1. The van der Waals surface area contributed by atoms with E-state index in [-0.39, 0.29) is 18.6 Å².